The van der Waals surface area contributed by atoms with Gasteiger partial charge < -0.3 is 20.7 Å². The summed E-state index contributed by atoms with van der Waals surface area (Å²) in [6.07, 6.45) is 3.52. The molecule has 1 aliphatic carbocycles. The van der Waals surface area contributed by atoms with E-state index in [1.165, 1.54) is 12.1 Å². The third-order valence-corrected chi connectivity index (χ3v) is 5.10. The number of hydrogen-bond donors (Lipinski definition) is 3. The maximum Gasteiger partial charge on any atom is 0.223 e. The largest absolute Gasteiger partial charge is 0.375 e. The fourth-order valence-electron chi connectivity index (χ4n) is 3.64. The Morgan fingerprint density at radius 2 is 1.97 bits per heavy atom. The van der Waals surface area contributed by atoms with Crippen molar-refractivity contribution in [3.63, 3.8) is 0 Å². The van der Waals surface area contributed by atoms with E-state index in [1.807, 2.05) is 20.8 Å². The van der Waals surface area contributed by atoms with Crippen LogP contribution in [0.5, 0.6) is 0 Å². The van der Waals surface area contributed by atoms with E-state index in [0.717, 1.165) is 37.8 Å². The van der Waals surface area contributed by atoms with E-state index in [-0.39, 0.29) is 59.8 Å². The zero-order chi connectivity index (χ0) is 21.2. The van der Waals surface area contributed by atoms with E-state index < -0.39 is 0 Å². The van der Waals surface area contributed by atoms with Gasteiger partial charge in [-0.05, 0) is 57.7 Å². The number of rotatable bonds is 8. The number of hydrogen-bond acceptors (Lipinski definition) is 3. The minimum atomic E-state index is -0.268. The Balaban J connectivity index is 0.00000450. The first-order valence-electron chi connectivity index (χ1n) is 10.6. The van der Waals surface area contributed by atoms with Crippen LogP contribution >= 0.6 is 24.0 Å². The molecule has 0 saturated heterocycles. The van der Waals surface area contributed by atoms with Gasteiger partial charge in [0, 0.05) is 31.7 Å². The molecule has 0 radical (unpaired) electrons. The Hall–Kier alpha value is -1.42. The van der Waals surface area contributed by atoms with Crippen molar-refractivity contribution in [1.29, 1.82) is 0 Å². The normalized spacial score (nSPS) is 20.3. The van der Waals surface area contributed by atoms with Crippen LogP contribution in [0.15, 0.2) is 29.3 Å². The molecule has 3 N–H and O–H groups in total. The Labute approximate surface area is 196 Å². The summed E-state index contributed by atoms with van der Waals surface area (Å²) in [5.41, 5.74) is 0.886. The van der Waals surface area contributed by atoms with E-state index in [9.17, 15) is 9.18 Å². The third kappa shape index (κ3) is 8.75. The van der Waals surface area contributed by atoms with Crippen molar-refractivity contribution >= 4 is 35.8 Å². The third-order valence-electron chi connectivity index (χ3n) is 5.10. The maximum atomic E-state index is 13.2. The number of guanidine groups is 1. The highest BCUT2D eigenvalue weighted by Crippen LogP contribution is 2.25. The Kier molecular flexibility index (Phi) is 12.2. The molecular formula is C22H36FIN4O2. The smallest absolute Gasteiger partial charge is 0.223 e. The van der Waals surface area contributed by atoms with Crippen molar-refractivity contribution in [3.8, 4) is 0 Å². The van der Waals surface area contributed by atoms with E-state index in [2.05, 4.69) is 20.9 Å². The number of aliphatic imine (C=N–C) groups is 1. The van der Waals surface area contributed by atoms with Gasteiger partial charge in [-0.3, -0.25) is 9.79 Å². The highest BCUT2D eigenvalue weighted by molar-refractivity contribution is 14.0. The predicted molar refractivity (Wildman–Crippen MR) is 130 cm³/mol. The highest BCUT2D eigenvalue weighted by Gasteiger charge is 2.28. The summed E-state index contributed by atoms with van der Waals surface area (Å²) in [4.78, 5) is 17.0. The molecule has 3 unspecified atom stereocenters. The molecule has 170 valence electrons. The van der Waals surface area contributed by atoms with E-state index >= 15 is 0 Å². The molecule has 6 nitrogen and oxygen atoms in total. The number of amides is 1. The molecule has 1 aromatic carbocycles. The van der Waals surface area contributed by atoms with Gasteiger partial charge in [0.1, 0.15) is 11.9 Å². The Bertz CT molecular complexity index is 670. The van der Waals surface area contributed by atoms with Crippen molar-refractivity contribution in [2.24, 2.45) is 10.9 Å². The zero-order valence-corrected chi connectivity index (χ0v) is 20.7. The van der Waals surface area contributed by atoms with Gasteiger partial charge in [0.25, 0.3) is 0 Å². The molecule has 1 aliphatic rings. The molecule has 1 saturated carbocycles. The second-order valence-corrected chi connectivity index (χ2v) is 7.86. The number of carbonyl (C=O) groups excluding carboxylic acids is 1. The summed E-state index contributed by atoms with van der Waals surface area (Å²) in [6.45, 7) is 7.15. The molecule has 1 amide bonds. The van der Waals surface area contributed by atoms with Crippen molar-refractivity contribution in [2.45, 2.75) is 64.6 Å². The van der Waals surface area contributed by atoms with Gasteiger partial charge >= 0.3 is 0 Å². The van der Waals surface area contributed by atoms with Gasteiger partial charge in [0.2, 0.25) is 5.91 Å². The average molecular weight is 534 g/mol. The van der Waals surface area contributed by atoms with Crippen LogP contribution in [0.1, 0.15) is 58.1 Å². The monoisotopic (exact) mass is 534 g/mol. The van der Waals surface area contributed by atoms with Gasteiger partial charge in [-0.2, -0.15) is 0 Å². The standard InChI is InChI=1S/C22H35FN4O2.HI/c1-5-24-22(25-14-20(29-4)16-9-11-18(23)12-10-16)27-19-8-6-7-17(13-19)21(28)26-15(2)3;/h9-12,15,17,19-20H,5-8,13-14H2,1-4H3,(H,26,28)(H2,24,25,27);1H. The summed E-state index contributed by atoms with van der Waals surface area (Å²) >= 11 is 0. The lowest BCUT2D eigenvalue weighted by molar-refractivity contribution is -0.126. The van der Waals surface area contributed by atoms with Crippen LogP contribution in [0.4, 0.5) is 4.39 Å². The molecule has 0 aliphatic heterocycles. The SMILES string of the molecule is CCNC(=NCC(OC)c1ccc(F)cc1)NC1CCCC(C(=O)NC(C)C)C1.I. The first kappa shape index (κ1) is 26.6. The maximum absolute atomic E-state index is 13.2. The number of nitrogens with zero attached hydrogens (tertiary/aromatic N) is 1. The molecule has 1 fully saturated rings. The molecular weight excluding hydrogens is 498 g/mol. The number of ether oxygens (including phenoxy) is 1. The second kappa shape index (κ2) is 13.8. The summed E-state index contributed by atoms with van der Waals surface area (Å²) in [5.74, 6) is 0.628. The van der Waals surface area contributed by atoms with Crippen LogP contribution in [0, 0.1) is 11.7 Å². The molecule has 1 aromatic rings. The van der Waals surface area contributed by atoms with Crippen molar-refractivity contribution in [1.82, 2.24) is 16.0 Å². The lowest BCUT2D eigenvalue weighted by Crippen LogP contribution is -2.47. The lowest BCUT2D eigenvalue weighted by atomic mass is 9.85. The minimum Gasteiger partial charge on any atom is -0.375 e. The van der Waals surface area contributed by atoms with E-state index in [1.54, 1.807) is 19.2 Å². The molecule has 0 bridgehead atoms. The quantitative estimate of drug-likeness (QED) is 0.270. The number of benzene rings is 1. The molecule has 2 rings (SSSR count). The Morgan fingerprint density at radius 1 is 1.27 bits per heavy atom. The highest BCUT2D eigenvalue weighted by atomic mass is 127. The molecule has 8 heteroatoms. The number of halogens is 2. The van der Waals surface area contributed by atoms with E-state index in [4.69, 9.17) is 4.74 Å². The molecule has 30 heavy (non-hydrogen) atoms. The van der Waals surface area contributed by atoms with Crippen LogP contribution in [-0.2, 0) is 9.53 Å². The minimum absolute atomic E-state index is 0. The predicted octanol–water partition coefficient (Wildman–Crippen LogP) is 3.77. The first-order chi connectivity index (χ1) is 13.9. The van der Waals surface area contributed by atoms with Gasteiger partial charge in [0.15, 0.2) is 5.96 Å². The summed E-state index contributed by atoms with van der Waals surface area (Å²) in [6, 6.07) is 6.66. The van der Waals surface area contributed by atoms with Gasteiger partial charge in [-0.15, -0.1) is 24.0 Å². The fraction of sp³-hybridized carbons (Fsp3) is 0.636. The molecule has 0 spiro atoms. The molecule has 0 aromatic heterocycles. The van der Waals surface area contributed by atoms with Crippen LogP contribution in [0.3, 0.4) is 0 Å². The van der Waals surface area contributed by atoms with Crippen molar-refractivity contribution < 1.29 is 13.9 Å². The van der Waals surface area contributed by atoms with Gasteiger partial charge in [-0.1, -0.05) is 18.6 Å². The fourth-order valence-corrected chi connectivity index (χ4v) is 3.64. The second-order valence-electron chi connectivity index (χ2n) is 7.86. The van der Waals surface area contributed by atoms with Crippen molar-refractivity contribution in [2.75, 3.05) is 20.2 Å². The molecule has 0 heterocycles. The van der Waals surface area contributed by atoms with Crippen LogP contribution in [-0.4, -0.2) is 44.1 Å². The number of nitrogens with one attached hydrogen (secondary N) is 3. The first-order valence-corrected chi connectivity index (χ1v) is 10.6. The average Bonchev–Trinajstić information content (AvgIpc) is 2.69. The Morgan fingerprint density at radius 3 is 2.57 bits per heavy atom. The summed E-state index contributed by atoms with van der Waals surface area (Å²) < 4.78 is 18.7. The van der Waals surface area contributed by atoms with Crippen LogP contribution in [0.2, 0.25) is 0 Å². The van der Waals surface area contributed by atoms with Crippen molar-refractivity contribution in [3.05, 3.63) is 35.6 Å². The van der Waals surface area contributed by atoms with E-state index in [0.29, 0.717) is 12.5 Å². The van der Waals surface area contributed by atoms with Gasteiger partial charge in [-0.25, -0.2) is 4.39 Å². The summed E-state index contributed by atoms with van der Waals surface area (Å²) in [5, 5.41) is 9.77. The van der Waals surface area contributed by atoms with Crippen LogP contribution < -0.4 is 16.0 Å². The molecule has 3 atom stereocenters. The van der Waals surface area contributed by atoms with Gasteiger partial charge in [0.05, 0.1) is 6.54 Å². The summed E-state index contributed by atoms with van der Waals surface area (Å²) in [7, 11) is 1.63. The lowest BCUT2D eigenvalue weighted by Gasteiger charge is -2.30. The number of methoxy groups -OCH3 is 1. The van der Waals surface area contributed by atoms with Crippen LogP contribution in [0.25, 0.3) is 0 Å². The topological polar surface area (TPSA) is 74.8 Å². The zero-order valence-electron chi connectivity index (χ0n) is 18.4. The number of carbonyl (C=O) groups is 1.